The first-order chi connectivity index (χ1) is 17.9. The van der Waals surface area contributed by atoms with Crippen LogP contribution in [0.2, 0.25) is 0 Å². The lowest BCUT2D eigenvalue weighted by molar-refractivity contribution is 0.0922. The Labute approximate surface area is 218 Å². The molecule has 192 valence electrons. The van der Waals surface area contributed by atoms with Gasteiger partial charge in [0.2, 0.25) is 0 Å². The number of rotatable bonds is 7. The Morgan fingerprint density at radius 1 is 0.973 bits per heavy atom. The van der Waals surface area contributed by atoms with Gasteiger partial charge in [-0.3, -0.25) is 9.59 Å². The molecule has 3 aromatic rings. The molecule has 2 bridgehead atoms. The summed E-state index contributed by atoms with van der Waals surface area (Å²) in [7, 11) is 1.62. The van der Waals surface area contributed by atoms with Crippen molar-refractivity contribution >= 4 is 17.6 Å². The van der Waals surface area contributed by atoms with Crippen LogP contribution in [0.15, 0.2) is 66.9 Å². The smallest absolute Gasteiger partial charge is 0.253 e. The lowest BCUT2D eigenvalue weighted by Gasteiger charge is -2.40. The van der Waals surface area contributed by atoms with Crippen LogP contribution in [0.25, 0.3) is 0 Å². The van der Waals surface area contributed by atoms with Crippen molar-refractivity contribution in [2.75, 3.05) is 12.0 Å². The molecule has 7 nitrogen and oxygen atoms in total. The van der Waals surface area contributed by atoms with E-state index in [0.29, 0.717) is 23.2 Å². The first-order valence-corrected chi connectivity index (χ1v) is 13.0. The molecule has 0 spiro atoms. The van der Waals surface area contributed by atoms with E-state index in [-0.39, 0.29) is 23.9 Å². The van der Waals surface area contributed by atoms with Crippen molar-refractivity contribution in [3.63, 3.8) is 0 Å². The summed E-state index contributed by atoms with van der Waals surface area (Å²) in [4.78, 5) is 32.9. The molecule has 2 N–H and O–H groups in total. The molecule has 2 saturated heterocycles. The van der Waals surface area contributed by atoms with Crippen LogP contribution in [-0.4, -0.2) is 42.0 Å². The lowest BCUT2D eigenvalue weighted by Crippen LogP contribution is -2.50. The summed E-state index contributed by atoms with van der Waals surface area (Å²) in [6.45, 7) is 3.89. The number of methoxy groups -OCH3 is 1. The Morgan fingerprint density at radius 2 is 1.70 bits per heavy atom. The van der Waals surface area contributed by atoms with E-state index in [9.17, 15) is 9.59 Å². The fraction of sp³-hybridized carbons (Fsp3) is 0.367. The Bertz CT molecular complexity index is 1250. The predicted octanol–water partition coefficient (Wildman–Crippen LogP) is 4.82. The predicted molar refractivity (Wildman–Crippen MR) is 144 cm³/mol. The molecule has 2 aromatic carbocycles. The maximum absolute atomic E-state index is 13.0. The summed E-state index contributed by atoms with van der Waals surface area (Å²) >= 11 is 0. The van der Waals surface area contributed by atoms with Gasteiger partial charge in [0, 0.05) is 35.4 Å². The van der Waals surface area contributed by atoms with Gasteiger partial charge in [0.15, 0.2) is 0 Å². The molecular formula is C30H34N4O3. The average Bonchev–Trinajstić information content (AvgIpc) is 3.19. The van der Waals surface area contributed by atoms with Crippen LogP contribution >= 0.6 is 0 Å². The summed E-state index contributed by atoms with van der Waals surface area (Å²) in [5.74, 6) is 1.44. The van der Waals surface area contributed by atoms with Gasteiger partial charge in [-0.2, -0.15) is 0 Å². The number of pyridine rings is 1. The van der Waals surface area contributed by atoms with E-state index in [4.69, 9.17) is 4.74 Å². The third-order valence-electron chi connectivity index (χ3n) is 7.74. The maximum Gasteiger partial charge on any atom is 0.253 e. The fourth-order valence-corrected chi connectivity index (χ4v) is 5.79. The van der Waals surface area contributed by atoms with E-state index in [1.54, 1.807) is 13.3 Å². The van der Waals surface area contributed by atoms with Gasteiger partial charge in [-0.25, -0.2) is 4.98 Å². The number of aromatic nitrogens is 1. The molecule has 3 atom stereocenters. The molecule has 7 heteroatoms. The fourth-order valence-electron chi connectivity index (χ4n) is 5.79. The van der Waals surface area contributed by atoms with Crippen LogP contribution in [0.3, 0.4) is 0 Å². The first-order valence-electron chi connectivity index (χ1n) is 13.0. The molecule has 0 radical (unpaired) electrons. The van der Waals surface area contributed by atoms with E-state index in [2.05, 4.69) is 20.5 Å². The van der Waals surface area contributed by atoms with Gasteiger partial charge in [-0.15, -0.1) is 0 Å². The van der Waals surface area contributed by atoms with Crippen molar-refractivity contribution < 1.29 is 14.3 Å². The Kier molecular flexibility index (Phi) is 7.12. The monoisotopic (exact) mass is 498 g/mol. The van der Waals surface area contributed by atoms with E-state index in [1.165, 1.54) is 0 Å². The molecule has 0 aliphatic carbocycles. The number of carbonyl (C=O) groups is 2. The Morgan fingerprint density at radius 3 is 2.35 bits per heavy atom. The van der Waals surface area contributed by atoms with Crippen molar-refractivity contribution in [2.24, 2.45) is 0 Å². The SMILES string of the molecule is COc1cccc(C(=O)NC2CC3CCC(C2)N3c2ccc(C(=O)N[C@@H](C)c3ccccc3)cn2)c1C. The van der Waals surface area contributed by atoms with Gasteiger partial charge in [0.25, 0.3) is 11.8 Å². The zero-order valence-electron chi connectivity index (χ0n) is 21.6. The number of anilines is 1. The summed E-state index contributed by atoms with van der Waals surface area (Å²) < 4.78 is 5.38. The molecule has 5 rings (SSSR count). The highest BCUT2D eigenvalue weighted by Crippen LogP contribution is 2.38. The number of hydrogen-bond acceptors (Lipinski definition) is 5. The highest BCUT2D eigenvalue weighted by Gasteiger charge is 2.42. The molecule has 2 aliphatic rings. The largest absolute Gasteiger partial charge is 0.496 e. The lowest BCUT2D eigenvalue weighted by atomic mass is 9.96. The third kappa shape index (κ3) is 5.17. The van der Waals surface area contributed by atoms with Crippen LogP contribution < -0.4 is 20.3 Å². The zero-order chi connectivity index (χ0) is 25.9. The van der Waals surface area contributed by atoms with Gasteiger partial charge >= 0.3 is 0 Å². The van der Waals surface area contributed by atoms with Crippen molar-refractivity contribution in [3.8, 4) is 5.75 Å². The van der Waals surface area contributed by atoms with Crippen LogP contribution in [0, 0.1) is 6.92 Å². The molecule has 2 unspecified atom stereocenters. The van der Waals surface area contributed by atoms with Gasteiger partial charge < -0.3 is 20.3 Å². The summed E-state index contributed by atoms with van der Waals surface area (Å²) in [5, 5.41) is 6.31. The van der Waals surface area contributed by atoms with Crippen LogP contribution in [-0.2, 0) is 0 Å². The summed E-state index contributed by atoms with van der Waals surface area (Å²) in [6.07, 6.45) is 5.58. The number of fused-ring (bicyclic) bond motifs is 2. The van der Waals surface area contributed by atoms with Crippen LogP contribution in [0.4, 0.5) is 5.82 Å². The Balaban J connectivity index is 1.21. The number of nitrogens with zero attached hydrogens (tertiary/aromatic N) is 2. The van der Waals surface area contributed by atoms with E-state index in [1.807, 2.05) is 74.5 Å². The quantitative estimate of drug-likeness (QED) is 0.488. The van der Waals surface area contributed by atoms with Crippen molar-refractivity contribution in [2.45, 2.75) is 63.7 Å². The van der Waals surface area contributed by atoms with Gasteiger partial charge in [0.1, 0.15) is 11.6 Å². The van der Waals surface area contributed by atoms with Gasteiger partial charge in [-0.05, 0) is 69.4 Å². The minimum atomic E-state index is -0.132. The summed E-state index contributed by atoms with van der Waals surface area (Å²) in [5.41, 5.74) is 3.13. The number of piperidine rings is 1. The average molecular weight is 499 g/mol. The number of ether oxygens (including phenoxy) is 1. The maximum atomic E-state index is 13.0. The standard InChI is InChI=1S/C30H34N4O3/c1-19-26(10-7-11-27(19)37-3)30(36)33-23-16-24-13-14-25(17-23)34(24)28-15-12-22(18-31-28)29(35)32-20(2)21-8-5-4-6-9-21/h4-12,15,18,20,23-25H,13-14,16-17H2,1-3H3,(H,32,35)(H,33,36)/t20-,23?,24?,25?/m0/s1. The molecule has 2 aliphatic heterocycles. The molecule has 2 fully saturated rings. The second-order valence-electron chi connectivity index (χ2n) is 10.1. The normalized spacial score (nSPS) is 21.3. The number of hydrogen-bond donors (Lipinski definition) is 2. The summed E-state index contributed by atoms with van der Waals surface area (Å²) in [6, 6.07) is 20.0. The molecule has 1 aromatic heterocycles. The Hall–Kier alpha value is -3.87. The molecular weight excluding hydrogens is 464 g/mol. The zero-order valence-corrected chi connectivity index (χ0v) is 21.6. The van der Waals surface area contributed by atoms with Crippen molar-refractivity contribution in [1.29, 1.82) is 0 Å². The number of nitrogens with one attached hydrogen (secondary N) is 2. The molecule has 0 saturated carbocycles. The second-order valence-corrected chi connectivity index (χ2v) is 10.1. The first kappa shape index (κ1) is 24.8. The highest BCUT2D eigenvalue weighted by molar-refractivity contribution is 5.96. The number of carbonyl (C=O) groups excluding carboxylic acids is 2. The third-order valence-corrected chi connectivity index (χ3v) is 7.74. The minimum absolute atomic E-state index is 0.0486. The minimum Gasteiger partial charge on any atom is -0.496 e. The highest BCUT2D eigenvalue weighted by atomic mass is 16.5. The van der Waals surface area contributed by atoms with Crippen LogP contribution in [0.5, 0.6) is 5.75 Å². The number of benzene rings is 2. The van der Waals surface area contributed by atoms with Crippen molar-refractivity contribution in [3.05, 3.63) is 89.1 Å². The number of amides is 2. The molecule has 37 heavy (non-hydrogen) atoms. The van der Waals surface area contributed by atoms with Gasteiger partial charge in [0.05, 0.1) is 18.7 Å². The van der Waals surface area contributed by atoms with Gasteiger partial charge in [-0.1, -0.05) is 36.4 Å². The van der Waals surface area contributed by atoms with Crippen LogP contribution in [0.1, 0.15) is 70.5 Å². The van der Waals surface area contributed by atoms with E-state index in [0.717, 1.165) is 48.4 Å². The van der Waals surface area contributed by atoms with E-state index >= 15 is 0 Å². The second kappa shape index (κ2) is 10.6. The molecule has 3 heterocycles. The topological polar surface area (TPSA) is 83.6 Å². The van der Waals surface area contributed by atoms with Crippen molar-refractivity contribution in [1.82, 2.24) is 15.6 Å². The van der Waals surface area contributed by atoms with E-state index < -0.39 is 0 Å². The molecule has 2 amide bonds.